The van der Waals surface area contributed by atoms with Crippen molar-refractivity contribution in [3.63, 3.8) is 0 Å². The second-order valence-electron chi connectivity index (χ2n) is 23.1. The van der Waals surface area contributed by atoms with E-state index in [9.17, 15) is 0 Å². The van der Waals surface area contributed by atoms with E-state index in [1.807, 2.05) is 0 Å². The summed E-state index contributed by atoms with van der Waals surface area (Å²) in [5.41, 5.74) is 28.4. The molecule has 2 aliphatic heterocycles. The molecule has 0 saturated heterocycles. The maximum atomic E-state index is 5.73. The van der Waals surface area contributed by atoms with Crippen LogP contribution >= 0.6 is 0 Å². The summed E-state index contributed by atoms with van der Waals surface area (Å²) in [6.45, 7) is 13.8. The lowest BCUT2D eigenvalue weighted by Crippen LogP contribution is -2.25. The number of nitrogens with zero attached hydrogens (tertiary/aromatic N) is 2. The summed E-state index contributed by atoms with van der Waals surface area (Å²) in [6, 6.07) is 51.1. The second-order valence-corrected chi connectivity index (χ2v) is 23.1. The number of unbranched alkanes of at least 4 members (excludes halogenated alkanes) is 9. The molecule has 2 N–H and O–H groups in total. The monoisotopic (exact) mass is 1010 g/mol. The van der Waals surface area contributed by atoms with Gasteiger partial charge in [-0.25, -0.2) is 9.97 Å². The molecule has 77 heavy (non-hydrogen) atoms. The minimum absolute atomic E-state index is 0.0361. The molecule has 3 aromatic heterocycles. The first-order chi connectivity index (χ1) is 37.7. The van der Waals surface area contributed by atoms with Gasteiger partial charge in [-0.1, -0.05) is 207 Å². The van der Waals surface area contributed by atoms with Gasteiger partial charge in [-0.15, -0.1) is 0 Å². The van der Waals surface area contributed by atoms with Crippen molar-refractivity contribution >= 4 is 46.4 Å². The minimum Gasteiger partial charge on any atom is -0.355 e. The number of aryl methyl sites for hydroxylation is 2. The van der Waals surface area contributed by atoms with Gasteiger partial charge in [0.05, 0.1) is 22.8 Å². The summed E-state index contributed by atoms with van der Waals surface area (Å²) in [4.78, 5) is 19.3. The second kappa shape index (κ2) is 21.3. The number of aromatic amines is 2. The first kappa shape index (κ1) is 50.5. The van der Waals surface area contributed by atoms with E-state index in [0.717, 1.165) is 79.1 Å². The van der Waals surface area contributed by atoms with Crippen LogP contribution in [0.15, 0.2) is 133 Å². The average Bonchev–Trinajstić information content (AvgIpc) is 4.55. The molecule has 4 aliphatic rings. The summed E-state index contributed by atoms with van der Waals surface area (Å²) in [5.74, 6) is 0. The third kappa shape index (κ3) is 9.06. The van der Waals surface area contributed by atoms with Gasteiger partial charge in [-0.05, 0) is 161 Å². The summed E-state index contributed by atoms with van der Waals surface area (Å²) in [6.07, 6.45) is 27.4. The highest BCUT2D eigenvalue weighted by atomic mass is 14.8. The quantitative estimate of drug-likeness (QED) is 0.0842. The summed E-state index contributed by atoms with van der Waals surface area (Å²) < 4.78 is 0. The van der Waals surface area contributed by atoms with Crippen LogP contribution in [0.5, 0.6) is 0 Å². The standard InChI is InChI=1S/C73H76N4/c1-7-10-13-20-43-72(6)57-25-18-16-23-53(57)55-33-31-51(46-59(55)72)70-65-37-35-61(74-65)49(5)62-36-38-66(75-62)71(68-42-40-64(77-68)69(63-39-41-67(70)76-63)50-29-27-48(4)28-30-50)52-32-34-56-54-24-17-19-26-58(54)73(60(56)47-52,44-21-14-11-8-2)45-22-15-12-9-3/h16-19,23-42,46-47,75-76H,7-15,20-22,43-45H2,1-6H3. The highest BCUT2D eigenvalue weighted by Gasteiger charge is 2.43. The fourth-order valence-electron chi connectivity index (χ4n) is 13.9. The number of rotatable bonds is 18. The van der Waals surface area contributed by atoms with Crippen molar-refractivity contribution in [2.45, 2.75) is 149 Å². The molecule has 5 heterocycles. The van der Waals surface area contributed by atoms with E-state index in [1.54, 1.807) is 0 Å². The van der Waals surface area contributed by atoms with E-state index in [1.165, 1.54) is 151 Å². The fourth-order valence-corrected chi connectivity index (χ4v) is 13.9. The number of aromatic nitrogens is 4. The van der Waals surface area contributed by atoms with Crippen LogP contribution in [-0.4, -0.2) is 19.9 Å². The van der Waals surface area contributed by atoms with E-state index >= 15 is 0 Å². The van der Waals surface area contributed by atoms with Crippen molar-refractivity contribution in [1.29, 1.82) is 0 Å². The van der Waals surface area contributed by atoms with Gasteiger partial charge in [0.15, 0.2) is 0 Å². The van der Waals surface area contributed by atoms with Gasteiger partial charge in [0.25, 0.3) is 0 Å². The predicted molar refractivity (Wildman–Crippen MR) is 329 cm³/mol. The van der Waals surface area contributed by atoms with Gasteiger partial charge in [0, 0.05) is 49.6 Å². The van der Waals surface area contributed by atoms with E-state index in [0.29, 0.717) is 0 Å². The maximum absolute atomic E-state index is 5.73. The highest BCUT2D eigenvalue weighted by Crippen LogP contribution is 2.56. The van der Waals surface area contributed by atoms with Crippen molar-refractivity contribution in [1.82, 2.24) is 19.9 Å². The number of hydrogen-bond acceptors (Lipinski definition) is 2. The molecule has 0 amide bonds. The zero-order valence-electron chi connectivity index (χ0n) is 46.5. The average molecular weight is 1010 g/mol. The zero-order chi connectivity index (χ0) is 52.7. The van der Waals surface area contributed by atoms with Crippen LogP contribution in [-0.2, 0) is 10.8 Å². The Hall–Kier alpha value is -7.30. The molecule has 4 heteroatoms. The van der Waals surface area contributed by atoms with Gasteiger partial charge in [-0.3, -0.25) is 0 Å². The van der Waals surface area contributed by atoms with Crippen LogP contribution in [0.4, 0.5) is 0 Å². The van der Waals surface area contributed by atoms with Crippen LogP contribution in [0.3, 0.4) is 0 Å². The Morgan fingerprint density at radius 3 is 1.39 bits per heavy atom. The Morgan fingerprint density at radius 1 is 0.377 bits per heavy atom. The molecule has 8 aromatic rings. The SMILES string of the molecule is CCCCCCC1(C)c2ccccc2-c2ccc(-c3c4nc(c(C)c5ccc([nH]5)c(-c5ccc6c(c5)C(CCCCCC)(CCCCCC)c5ccccc5-6)c5nc(c(-c6ccc(C)cc6)c6ccc3[nH]6)C=C5)C=C4)cc21. The van der Waals surface area contributed by atoms with Crippen LogP contribution in [0, 0.1) is 13.8 Å². The molecule has 0 fully saturated rings. The normalized spacial score (nSPS) is 15.5. The van der Waals surface area contributed by atoms with E-state index in [-0.39, 0.29) is 10.8 Å². The molecule has 388 valence electrons. The Morgan fingerprint density at radius 2 is 0.805 bits per heavy atom. The lowest BCUT2D eigenvalue weighted by molar-refractivity contribution is 0.401. The van der Waals surface area contributed by atoms with E-state index in [2.05, 4.69) is 209 Å². The minimum atomic E-state index is -0.0877. The van der Waals surface area contributed by atoms with Gasteiger partial charge >= 0.3 is 0 Å². The molecular weight excluding hydrogens is 933 g/mol. The predicted octanol–water partition coefficient (Wildman–Crippen LogP) is 20.7. The molecule has 4 nitrogen and oxygen atoms in total. The maximum Gasteiger partial charge on any atom is 0.0737 e. The number of H-pyrrole nitrogens is 2. The molecule has 0 spiro atoms. The molecule has 8 bridgehead atoms. The van der Waals surface area contributed by atoms with Gasteiger partial charge in [-0.2, -0.15) is 0 Å². The lowest BCUT2D eigenvalue weighted by atomic mass is 9.70. The van der Waals surface area contributed by atoms with Crippen molar-refractivity contribution in [3.05, 3.63) is 190 Å². The molecular formula is C73H76N4. The Labute approximate surface area is 457 Å². The molecule has 0 saturated carbocycles. The molecule has 12 rings (SSSR count). The Kier molecular flexibility index (Phi) is 13.9. The molecule has 5 aromatic carbocycles. The topological polar surface area (TPSA) is 57.4 Å². The first-order valence-electron chi connectivity index (χ1n) is 29.4. The smallest absolute Gasteiger partial charge is 0.0737 e. The fraction of sp³-hybridized carbons (Fsp3) is 0.315. The molecule has 0 radical (unpaired) electrons. The van der Waals surface area contributed by atoms with Crippen molar-refractivity contribution in [2.24, 2.45) is 0 Å². The Balaban J connectivity index is 1.08. The largest absolute Gasteiger partial charge is 0.355 e. The molecule has 1 unspecified atom stereocenters. The summed E-state index contributed by atoms with van der Waals surface area (Å²) in [7, 11) is 0. The van der Waals surface area contributed by atoms with E-state index in [4.69, 9.17) is 9.97 Å². The summed E-state index contributed by atoms with van der Waals surface area (Å²) >= 11 is 0. The van der Waals surface area contributed by atoms with Crippen LogP contribution in [0.2, 0.25) is 0 Å². The van der Waals surface area contributed by atoms with Crippen molar-refractivity contribution in [3.8, 4) is 55.6 Å². The van der Waals surface area contributed by atoms with Crippen molar-refractivity contribution < 1.29 is 0 Å². The number of fused-ring (bicyclic) bond motifs is 14. The van der Waals surface area contributed by atoms with Gasteiger partial charge < -0.3 is 9.97 Å². The number of benzene rings is 5. The summed E-state index contributed by atoms with van der Waals surface area (Å²) in [5, 5.41) is 0. The van der Waals surface area contributed by atoms with Gasteiger partial charge in [0.2, 0.25) is 0 Å². The molecule has 2 aliphatic carbocycles. The zero-order valence-corrected chi connectivity index (χ0v) is 46.5. The third-order valence-electron chi connectivity index (χ3n) is 18.1. The number of hydrogen-bond donors (Lipinski definition) is 2. The molecule has 1 atom stereocenters. The third-order valence-corrected chi connectivity index (χ3v) is 18.1. The van der Waals surface area contributed by atoms with Crippen LogP contribution in [0.1, 0.15) is 180 Å². The number of nitrogens with one attached hydrogen (secondary N) is 2. The van der Waals surface area contributed by atoms with Crippen molar-refractivity contribution in [2.75, 3.05) is 0 Å². The lowest BCUT2D eigenvalue weighted by Gasteiger charge is -2.33. The highest BCUT2D eigenvalue weighted by molar-refractivity contribution is 5.99. The van der Waals surface area contributed by atoms with Crippen LogP contribution in [0.25, 0.3) is 102 Å². The van der Waals surface area contributed by atoms with E-state index < -0.39 is 0 Å². The van der Waals surface area contributed by atoms with Crippen LogP contribution < -0.4 is 0 Å². The first-order valence-corrected chi connectivity index (χ1v) is 29.4. The van der Waals surface area contributed by atoms with Gasteiger partial charge in [0.1, 0.15) is 0 Å². The Bertz CT molecular complexity index is 3750.